The van der Waals surface area contributed by atoms with Crippen LogP contribution in [0.2, 0.25) is 0 Å². The van der Waals surface area contributed by atoms with Gasteiger partial charge in [0.15, 0.2) is 0 Å². The van der Waals surface area contributed by atoms with Crippen molar-refractivity contribution in [1.29, 1.82) is 0 Å². The van der Waals surface area contributed by atoms with Gasteiger partial charge in [-0.25, -0.2) is 0 Å². The van der Waals surface area contributed by atoms with Crippen LogP contribution >= 0.6 is 0 Å². The van der Waals surface area contributed by atoms with Crippen molar-refractivity contribution in [1.82, 2.24) is 14.8 Å². The number of rotatable bonds is 8. The molecule has 1 unspecified atom stereocenters. The van der Waals surface area contributed by atoms with Gasteiger partial charge >= 0.3 is 0 Å². The molecule has 2 amide bonds. The third-order valence-electron chi connectivity index (χ3n) is 6.05. The van der Waals surface area contributed by atoms with E-state index in [9.17, 15) is 9.59 Å². The van der Waals surface area contributed by atoms with Crippen LogP contribution in [0.15, 0.2) is 24.5 Å². The number of carbonyl (C=O) groups excluding carboxylic acids is 2. The predicted molar refractivity (Wildman–Crippen MR) is 107 cm³/mol. The summed E-state index contributed by atoms with van der Waals surface area (Å²) in [7, 11) is 1.65. The van der Waals surface area contributed by atoms with E-state index in [2.05, 4.69) is 4.98 Å². The summed E-state index contributed by atoms with van der Waals surface area (Å²) in [6.07, 6.45) is 10.9. The summed E-state index contributed by atoms with van der Waals surface area (Å²) in [5.74, 6) is 0.843. The number of carbonyl (C=O) groups is 2. The summed E-state index contributed by atoms with van der Waals surface area (Å²) in [6, 6.07) is 3.87. The molecule has 0 spiro atoms. The standard InChI is InChI=1S/C22H33N3O3/c1-28-14-13-24(15-19-9-11-23-12-10-19)22(27)20-7-8-21(26)25(17-20)16-18-5-3-2-4-6-18/h9-12,18,20H,2-8,13-17H2,1H3. The third-order valence-corrected chi connectivity index (χ3v) is 6.05. The number of aromatic nitrogens is 1. The lowest BCUT2D eigenvalue weighted by Gasteiger charge is -2.37. The fourth-order valence-electron chi connectivity index (χ4n) is 4.41. The molecule has 1 aromatic rings. The number of methoxy groups -OCH3 is 1. The Bertz CT molecular complexity index is 631. The lowest BCUT2D eigenvalue weighted by Crippen LogP contribution is -2.48. The van der Waals surface area contributed by atoms with Gasteiger partial charge in [-0.15, -0.1) is 0 Å². The van der Waals surface area contributed by atoms with E-state index < -0.39 is 0 Å². The molecule has 1 aromatic heterocycles. The molecule has 0 N–H and O–H groups in total. The minimum atomic E-state index is -0.111. The maximum absolute atomic E-state index is 13.3. The van der Waals surface area contributed by atoms with Crippen LogP contribution in [0, 0.1) is 11.8 Å². The zero-order chi connectivity index (χ0) is 19.8. The minimum Gasteiger partial charge on any atom is -0.383 e. The van der Waals surface area contributed by atoms with Gasteiger partial charge in [0.25, 0.3) is 0 Å². The highest BCUT2D eigenvalue weighted by molar-refractivity contribution is 5.84. The molecule has 28 heavy (non-hydrogen) atoms. The largest absolute Gasteiger partial charge is 0.383 e. The van der Waals surface area contributed by atoms with Crippen molar-refractivity contribution < 1.29 is 14.3 Å². The number of amides is 2. The van der Waals surface area contributed by atoms with Crippen LogP contribution in [-0.4, -0.2) is 59.9 Å². The van der Waals surface area contributed by atoms with Crippen LogP contribution in [-0.2, 0) is 20.9 Å². The highest BCUT2D eigenvalue weighted by atomic mass is 16.5. The van der Waals surface area contributed by atoms with Gasteiger partial charge in [-0.05, 0) is 42.9 Å². The molecular formula is C22H33N3O3. The van der Waals surface area contributed by atoms with Crippen molar-refractivity contribution in [2.75, 3.05) is 33.4 Å². The van der Waals surface area contributed by atoms with Crippen molar-refractivity contribution >= 4 is 11.8 Å². The number of hydrogen-bond donors (Lipinski definition) is 0. The third kappa shape index (κ3) is 5.77. The van der Waals surface area contributed by atoms with Crippen LogP contribution < -0.4 is 0 Å². The predicted octanol–water partition coefficient (Wildman–Crippen LogP) is 2.88. The first-order valence-electron chi connectivity index (χ1n) is 10.6. The number of ether oxygens (including phenoxy) is 1. The molecule has 2 heterocycles. The first-order valence-corrected chi connectivity index (χ1v) is 10.6. The van der Waals surface area contributed by atoms with E-state index in [4.69, 9.17) is 4.74 Å². The zero-order valence-electron chi connectivity index (χ0n) is 17.0. The normalized spacial score (nSPS) is 21.0. The van der Waals surface area contributed by atoms with Gasteiger partial charge in [0.05, 0.1) is 12.5 Å². The van der Waals surface area contributed by atoms with Crippen molar-refractivity contribution in [3.05, 3.63) is 30.1 Å². The highest BCUT2D eigenvalue weighted by Crippen LogP contribution is 2.27. The second-order valence-corrected chi connectivity index (χ2v) is 8.15. The molecular weight excluding hydrogens is 354 g/mol. The maximum atomic E-state index is 13.3. The number of piperidine rings is 1. The van der Waals surface area contributed by atoms with E-state index in [1.807, 2.05) is 21.9 Å². The van der Waals surface area contributed by atoms with Gasteiger partial charge in [0, 0.05) is 52.1 Å². The average Bonchev–Trinajstić information content (AvgIpc) is 2.73. The quantitative estimate of drug-likeness (QED) is 0.688. The number of hydrogen-bond acceptors (Lipinski definition) is 4. The first kappa shape index (κ1) is 20.8. The molecule has 1 saturated carbocycles. The minimum absolute atomic E-state index is 0.111. The van der Waals surface area contributed by atoms with Crippen LogP contribution in [0.1, 0.15) is 50.5 Å². The Labute approximate surface area is 168 Å². The number of nitrogens with zero attached hydrogens (tertiary/aromatic N) is 3. The van der Waals surface area contributed by atoms with Gasteiger partial charge in [0.2, 0.25) is 11.8 Å². The van der Waals surface area contributed by atoms with Crippen LogP contribution in [0.5, 0.6) is 0 Å². The summed E-state index contributed by atoms with van der Waals surface area (Å²) in [4.78, 5) is 33.6. The summed E-state index contributed by atoms with van der Waals surface area (Å²) < 4.78 is 5.22. The molecule has 154 valence electrons. The van der Waals surface area contributed by atoms with E-state index in [1.165, 1.54) is 32.1 Å². The fraction of sp³-hybridized carbons (Fsp3) is 0.682. The van der Waals surface area contributed by atoms with E-state index >= 15 is 0 Å². The highest BCUT2D eigenvalue weighted by Gasteiger charge is 2.33. The van der Waals surface area contributed by atoms with Crippen LogP contribution in [0.4, 0.5) is 0 Å². The summed E-state index contributed by atoms with van der Waals surface area (Å²) >= 11 is 0. The maximum Gasteiger partial charge on any atom is 0.227 e. The summed E-state index contributed by atoms with van der Waals surface area (Å²) in [5, 5.41) is 0. The van der Waals surface area contributed by atoms with Crippen LogP contribution in [0.25, 0.3) is 0 Å². The van der Waals surface area contributed by atoms with Gasteiger partial charge in [-0.1, -0.05) is 19.3 Å². The molecule has 1 aliphatic heterocycles. The fourth-order valence-corrected chi connectivity index (χ4v) is 4.41. The molecule has 1 aliphatic carbocycles. The smallest absolute Gasteiger partial charge is 0.227 e. The zero-order valence-corrected chi connectivity index (χ0v) is 17.0. The Hall–Kier alpha value is -1.95. The molecule has 0 radical (unpaired) electrons. The summed E-state index contributed by atoms with van der Waals surface area (Å²) in [5.41, 5.74) is 1.06. The molecule has 1 atom stereocenters. The Morgan fingerprint density at radius 3 is 2.68 bits per heavy atom. The molecule has 0 bridgehead atoms. The lowest BCUT2D eigenvalue weighted by atomic mass is 9.87. The van der Waals surface area contributed by atoms with E-state index in [-0.39, 0.29) is 17.7 Å². The Morgan fingerprint density at radius 2 is 1.96 bits per heavy atom. The molecule has 2 fully saturated rings. The number of likely N-dealkylation sites (tertiary alicyclic amines) is 1. The second-order valence-electron chi connectivity index (χ2n) is 8.15. The number of pyridine rings is 1. The Morgan fingerprint density at radius 1 is 1.21 bits per heavy atom. The Kier molecular flexibility index (Phi) is 7.83. The molecule has 3 rings (SSSR count). The topological polar surface area (TPSA) is 62.7 Å². The van der Waals surface area contributed by atoms with Crippen LogP contribution in [0.3, 0.4) is 0 Å². The van der Waals surface area contributed by atoms with E-state index in [0.29, 0.717) is 45.0 Å². The first-order chi connectivity index (χ1) is 13.7. The van der Waals surface area contributed by atoms with Gasteiger partial charge < -0.3 is 14.5 Å². The molecule has 2 aliphatic rings. The molecule has 0 aromatic carbocycles. The second kappa shape index (κ2) is 10.6. The molecule has 6 heteroatoms. The van der Waals surface area contributed by atoms with Gasteiger partial charge in [0.1, 0.15) is 0 Å². The van der Waals surface area contributed by atoms with Crippen molar-refractivity contribution in [3.8, 4) is 0 Å². The van der Waals surface area contributed by atoms with Gasteiger partial charge in [-0.3, -0.25) is 14.6 Å². The van der Waals surface area contributed by atoms with E-state index in [0.717, 1.165) is 12.1 Å². The van der Waals surface area contributed by atoms with Crippen molar-refractivity contribution in [3.63, 3.8) is 0 Å². The lowest BCUT2D eigenvalue weighted by molar-refractivity contribution is -0.144. The molecule has 6 nitrogen and oxygen atoms in total. The SMILES string of the molecule is COCCN(Cc1ccncc1)C(=O)C1CCC(=O)N(CC2CCCCC2)C1. The van der Waals surface area contributed by atoms with Crippen molar-refractivity contribution in [2.24, 2.45) is 11.8 Å². The Balaban J connectivity index is 1.62. The monoisotopic (exact) mass is 387 g/mol. The van der Waals surface area contributed by atoms with Gasteiger partial charge in [-0.2, -0.15) is 0 Å². The summed E-state index contributed by atoms with van der Waals surface area (Å²) in [6.45, 7) is 3.01. The molecule has 1 saturated heterocycles. The van der Waals surface area contributed by atoms with E-state index in [1.54, 1.807) is 19.5 Å². The average molecular weight is 388 g/mol. The van der Waals surface area contributed by atoms with Crippen molar-refractivity contribution in [2.45, 2.75) is 51.5 Å².